The third kappa shape index (κ3) is 4.81. The Kier molecular flexibility index (Phi) is 6.05. The van der Waals surface area contributed by atoms with Gasteiger partial charge in [0.05, 0.1) is 5.69 Å². The quantitative estimate of drug-likeness (QED) is 0.517. The van der Waals surface area contributed by atoms with Crippen LogP contribution in [0.3, 0.4) is 0 Å². The molecule has 0 spiro atoms. The lowest BCUT2D eigenvalue weighted by atomic mass is 9.73. The molecule has 0 aliphatic heterocycles. The highest BCUT2D eigenvalue weighted by Gasteiger charge is 2.31. The van der Waals surface area contributed by atoms with Gasteiger partial charge in [-0.05, 0) is 41.7 Å². The van der Waals surface area contributed by atoms with Crippen molar-refractivity contribution in [3.05, 3.63) is 82.4 Å². The van der Waals surface area contributed by atoms with Crippen LogP contribution in [0.1, 0.15) is 61.2 Å². The number of nitrogens with zero attached hydrogens (tertiary/aromatic N) is 1. The minimum atomic E-state index is 0.0196. The monoisotopic (exact) mass is 418 g/mol. The van der Waals surface area contributed by atoms with Gasteiger partial charge in [-0.15, -0.1) is 11.3 Å². The lowest BCUT2D eigenvalue weighted by Crippen LogP contribution is -2.26. The number of fused-ring (bicyclic) bond motifs is 1. The van der Waals surface area contributed by atoms with Crippen LogP contribution in [0, 0.1) is 11.3 Å². The third-order valence-electron chi connectivity index (χ3n) is 6.20. The standard InChI is InChI=1S/C26H30N2OS/c1-26(2,3)20-14-15-22-23(16-20)30-25(27-22)28-24(29)17-21(18-10-6-4-7-11-18)19-12-8-5-9-13-19/h4-13,20-21H,14-17H2,1-3H3,(H,27,28,29). The van der Waals surface area contributed by atoms with Crippen LogP contribution in [0.25, 0.3) is 0 Å². The van der Waals surface area contributed by atoms with Gasteiger partial charge >= 0.3 is 0 Å². The largest absolute Gasteiger partial charge is 0.302 e. The first kappa shape index (κ1) is 20.8. The number of carbonyl (C=O) groups excluding carboxylic acids is 1. The predicted octanol–water partition coefficient (Wildman–Crippen LogP) is 6.45. The van der Waals surface area contributed by atoms with Crippen LogP contribution in [-0.4, -0.2) is 10.9 Å². The molecule has 30 heavy (non-hydrogen) atoms. The number of anilines is 1. The molecule has 2 aromatic carbocycles. The average molecular weight is 419 g/mol. The summed E-state index contributed by atoms with van der Waals surface area (Å²) in [5.74, 6) is 0.730. The summed E-state index contributed by atoms with van der Waals surface area (Å²) < 4.78 is 0. The number of thiazole rings is 1. The highest BCUT2D eigenvalue weighted by Crippen LogP contribution is 2.40. The summed E-state index contributed by atoms with van der Waals surface area (Å²) in [7, 11) is 0. The summed E-state index contributed by atoms with van der Waals surface area (Å²) in [5, 5.41) is 3.84. The Bertz CT molecular complexity index is 949. The first-order chi connectivity index (χ1) is 14.4. The Labute approximate surface area is 183 Å². The summed E-state index contributed by atoms with van der Waals surface area (Å²) >= 11 is 1.66. The Morgan fingerprint density at radius 2 is 1.67 bits per heavy atom. The van der Waals surface area contributed by atoms with Crippen molar-refractivity contribution in [2.45, 2.75) is 52.4 Å². The molecule has 0 fully saturated rings. The second-order valence-corrected chi connectivity index (χ2v) is 10.4. The van der Waals surface area contributed by atoms with E-state index in [1.165, 1.54) is 17.0 Å². The molecule has 1 aromatic heterocycles. The van der Waals surface area contributed by atoms with E-state index < -0.39 is 0 Å². The van der Waals surface area contributed by atoms with E-state index in [1.54, 1.807) is 11.3 Å². The summed E-state index contributed by atoms with van der Waals surface area (Å²) in [4.78, 5) is 19.1. The maximum atomic E-state index is 13.0. The molecule has 1 amide bonds. The molecule has 4 rings (SSSR count). The van der Waals surface area contributed by atoms with Gasteiger partial charge in [0.1, 0.15) is 0 Å². The number of carbonyl (C=O) groups is 1. The molecule has 4 heteroatoms. The van der Waals surface area contributed by atoms with E-state index in [-0.39, 0.29) is 11.8 Å². The van der Waals surface area contributed by atoms with Crippen LogP contribution in [0.5, 0.6) is 0 Å². The fourth-order valence-electron chi connectivity index (χ4n) is 4.32. The second kappa shape index (κ2) is 8.73. The molecule has 0 radical (unpaired) electrons. The van der Waals surface area contributed by atoms with Crippen LogP contribution in [0.15, 0.2) is 60.7 Å². The lowest BCUT2D eigenvalue weighted by Gasteiger charge is -2.33. The van der Waals surface area contributed by atoms with Crippen molar-refractivity contribution in [3.8, 4) is 0 Å². The highest BCUT2D eigenvalue weighted by molar-refractivity contribution is 7.15. The topological polar surface area (TPSA) is 42.0 Å². The van der Waals surface area contributed by atoms with Crippen molar-refractivity contribution in [1.29, 1.82) is 0 Å². The number of hydrogen-bond acceptors (Lipinski definition) is 3. The third-order valence-corrected chi connectivity index (χ3v) is 7.24. The van der Waals surface area contributed by atoms with Crippen LogP contribution in [0.2, 0.25) is 0 Å². The fraction of sp³-hybridized carbons (Fsp3) is 0.385. The van der Waals surface area contributed by atoms with Crippen molar-refractivity contribution in [2.75, 3.05) is 5.32 Å². The van der Waals surface area contributed by atoms with Gasteiger partial charge in [0.15, 0.2) is 5.13 Å². The molecule has 1 aliphatic carbocycles. The van der Waals surface area contributed by atoms with E-state index in [9.17, 15) is 4.79 Å². The van der Waals surface area contributed by atoms with Crippen molar-refractivity contribution >= 4 is 22.4 Å². The van der Waals surface area contributed by atoms with E-state index in [0.717, 1.165) is 29.1 Å². The first-order valence-electron chi connectivity index (χ1n) is 10.8. The molecule has 1 N–H and O–H groups in total. The number of hydrogen-bond donors (Lipinski definition) is 1. The van der Waals surface area contributed by atoms with Crippen LogP contribution >= 0.6 is 11.3 Å². The van der Waals surface area contributed by atoms with Crippen molar-refractivity contribution in [2.24, 2.45) is 11.3 Å². The minimum Gasteiger partial charge on any atom is -0.302 e. The van der Waals surface area contributed by atoms with Crippen molar-refractivity contribution in [3.63, 3.8) is 0 Å². The number of aryl methyl sites for hydroxylation is 1. The molecule has 3 nitrogen and oxygen atoms in total. The fourth-order valence-corrected chi connectivity index (χ4v) is 5.43. The maximum Gasteiger partial charge on any atom is 0.227 e. The summed E-state index contributed by atoms with van der Waals surface area (Å²) in [5.41, 5.74) is 3.80. The molecule has 3 aromatic rings. The zero-order chi connectivity index (χ0) is 21.1. The molecule has 1 heterocycles. The first-order valence-corrected chi connectivity index (χ1v) is 11.6. The van der Waals surface area contributed by atoms with Crippen LogP contribution in [-0.2, 0) is 17.6 Å². The molecule has 156 valence electrons. The van der Waals surface area contributed by atoms with Gasteiger partial charge < -0.3 is 5.32 Å². The molecule has 1 atom stereocenters. The molecule has 1 unspecified atom stereocenters. The van der Waals surface area contributed by atoms with E-state index in [4.69, 9.17) is 4.98 Å². The van der Waals surface area contributed by atoms with Gasteiger partial charge in [-0.2, -0.15) is 0 Å². The minimum absolute atomic E-state index is 0.0196. The van der Waals surface area contributed by atoms with Crippen molar-refractivity contribution in [1.82, 2.24) is 4.98 Å². The van der Waals surface area contributed by atoms with Crippen LogP contribution in [0.4, 0.5) is 5.13 Å². The van der Waals surface area contributed by atoms with E-state index >= 15 is 0 Å². The number of rotatable bonds is 5. The SMILES string of the molecule is CC(C)(C)C1CCc2nc(NC(=O)CC(c3ccccc3)c3ccccc3)sc2C1. The zero-order valence-electron chi connectivity index (χ0n) is 18.0. The average Bonchev–Trinajstić information content (AvgIpc) is 3.14. The molecule has 0 saturated carbocycles. The van der Waals surface area contributed by atoms with E-state index in [2.05, 4.69) is 50.4 Å². The predicted molar refractivity (Wildman–Crippen MR) is 125 cm³/mol. The molecule has 0 saturated heterocycles. The molecule has 1 aliphatic rings. The Morgan fingerprint density at radius 3 is 2.23 bits per heavy atom. The summed E-state index contributed by atoms with van der Waals surface area (Å²) in [6.45, 7) is 6.96. The zero-order valence-corrected chi connectivity index (χ0v) is 18.8. The number of amides is 1. The van der Waals surface area contributed by atoms with Crippen molar-refractivity contribution < 1.29 is 4.79 Å². The lowest BCUT2D eigenvalue weighted by molar-refractivity contribution is -0.116. The van der Waals surface area contributed by atoms with E-state index in [1.807, 2.05) is 36.4 Å². The Hall–Kier alpha value is -2.46. The van der Waals surface area contributed by atoms with E-state index in [0.29, 0.717) is 17.8 Å². The molecular formula is C26H30N2OS. The Morgan fingerprint density at radius 1 is 1.07 bits per heavy atom. The smallest absolute Gasteiger partial charge is 0.227 e. The van der Waals surface area contributed by atoms with Gasteiger partial charge in [-0.3, -0.25) is 4.79 Å². The van der Waals surface area contributed by atoms with Gasteiger partial charge in [-0.25, -0.2) is 4.98 Å². The second-order valence-electron chi connectivity index (χ2n) is 9.32. The highest BCUT2D eigenvalue weighted by atomic mass is 32.1. The molecular weight excluding hydrogens is 388 g/mol. The molecule has 0 bridgehead atoms. The van der Waals surface area contributed by atoms with Crippen LogP contribution < -0.4 is 5.32 Å². The van der Waals surface area contributed by atoms with Gasteiger partial charge in [0, 0.05) is 17.2 Å². The van der Waals surface area contributed by atoms with Gasteiger partial charge in [0.25, 0.3) is 0 Å². The maximum absolute atomic E-state index is 13.0. The number of nitrogens with one attached hydrogen (secondary N) is 1. The van der Waals surface area contributed by atoms with Gasteiger partial charge in [-0.1, -0.05) is 81.4 Å². The normalized spacial score (nSPS) is 16.3. The van der Waals surface area contributed by atoms with Gasteiger partial charge in [0.2, 0.25) is 5.91 Å². The Balaban J connectivity index is 1.48. The summed E-state index contributed by atoms with van der Waals surface area (Å²) in [6, 6.07) is 20.5. The summed E-state index contributed by atoms with van der Waals surface area (Å²) in [6.07, 6.45) is 3.67. The number of benzene rings is 2. The number of aromatic nitrogens is 1.